The van der Waals surface area contributed by atoms with Crippen molar-refractivity contribution in [2.75, 3.05) is 11.9 Å². The molecule has 0 heterocycles. The number of benzene rings is 1. The van der Waals surface area contributed by atoms with E-state index in [0.717, 1.165) is 32.1 Å². The number of nitro benzene ring substituents is 1. The molecule has 4 aliphatic carbocycles. The molecule has 4 bridgehead atoms. The van der Waals surface area contributed by atoms with Crippen molar-refractivity contribution in [3.05, 3.63) is 33.9 Å². The van der Waals surface area contributed by atoms with Gasteiger partial charge >= 0.3 is 5.97 Å². The second-order valence-electron chi connectivity index (χ2n) is 9.53. The molecule has 1 aromatic rings. The number of esters is 1. The van der Waals surface area contributed by atoms with Gasteiger partial charge in [-0.15, -0.1) is 0 Å². The summed E-state index contributed by atoms with van der Waals surface area (Å²) in [5.74, 6) is -0.262. The summed E-state index contributed by atoms with van der Waals surface area (Å²) in [6, 6.07) is 4.42. The molecule has 0 unspecified atom stereocenters. The first kappa shape index (κ1) is 21.3. The number of anilines is 1. The zero-order chi connectivity index (χ0) is 22.4. The van der Waals surface area contributed by atoms with Gasteiger partial charge in [0.2, 0.25) is 5.91 Å². The molecule has 1 aromatic carbocycles. The van der Waals surface area contributed by atoms with E-state index in [9.17, 15) is 24.5 Å². The van der Waals surface area contributed by atoms with Crippen LogP contribution in [0.25, 0.3) is 0 Å². The minimum atomic E-state index is -0.658. The number of carbonyl (C=O) groups excluding carboxylic acids is 3. The SMILES string of the molecule is CC(=O)NC12C[C@H]3C[C@H](C1)CC(C(=O)OCC(=O)Nc1cccc([N+](=O)[O-])c1C)(C3)C2. The quantitative estimate of drug-likeness (QED) is 0.407. The molecule has 4 fully saturated rings. The molecule has 5 rings (SSSR count). The maximum atomic E-state index is 13.1. The number of carbonyl (C=O) groups is 3. The van der Waals surface area contributed by atoms with Gasteiger partial charge in [0, 0.05) is 18.5 Å². The highest BCUT2D eigenvalue weighted by molar-refractivity contribution is 5.94. The van der Waals surface area contributed by atoms with E-state index >= 15 is 0 Å². The Morgan fingerprint density at radius 2 is 1.87 bits per heavy atom. The lowest BCUT2D eigenvalue weighted by Crippen LogP contribution is -2.64. The van der Waals surface area contributed by atoms with Gasteiger partial charge in [0.15, 0.2) is 6.61 Å². The number of hydrogen-bond donors (Lipinski definition) is 2. The third-order valence-corrected chi connectivity index (χ3v) is 7.05. The van der Waals surface area contributed by atoms with Crippen molar-refractivity contribution >= 4 is 29.2 Å². The molecule has 0 spiro atoms. The van der Waals surface area contributed by atoms with Crippen molar-refractivity contribution < 1.29 is 24.0 Å². The number of nitrogens with one attached hydrogen (secondary N) is 2. The molecule has 2 N–H and O–H groups in total. The Morgan fingerprint density at radius 3 is 2.48 bits per heavy atom. The van der Waals surface area contributed by atoms with Crippen LogP contribution in [-0.2, 0) is 19.1 Å². The fourth-order valence-corrected chi connectivity index (χ4v) is 6.45. The van der Waals surface area contributed by atoms with Gasteiger partial charge in [0.25, 0.3) is 11.6 Å². The van der Waals surface area contributed by atoms with Gasteiger partial charge < -0.3 is 15.4 Å². The van der Waals surface area contributed by atoms with Crippen LogP contribution in [0.1, 0.15) is 51.0 Å². The van der Waals surface area contributed by atoms with Crippen LogP contribution in [0.5, 0.6) is 0 Å². The molecule has 0 aliphatic heterocycles. The summed E-state index contributed by atoms with van der Waals surface area (Å²) in [5, 5.41) is 16.8. The van der Waals surface area contributed by atoms with Crippen LogP contribution < -0.4 is 10.6 Å². The summed E-state index contributed by atoms with van der Waals surface area (Å²) in [5.41, 5.74) is -0.447. The van der Waals surface area contributed by atoms with E-state index in [1.165, 1.54) is 19.1 Å². The van der Waals surface area contributed by atoms with Crippen molar-refractivity contribution in [3.8, 4) is 0 Å². The molecule has 0 saturated heterocycles. The van der Waals surface area contributed by atoms with Crippen molar-refractivity contribution in [1.82, 2.24) is 5.32 Å². The maximum absolute atomic E-state index is 13.1. The highest BCUT2D eigenvalue weighted by Crippen LogP contribution is 2.62. The van der Waals surface area contributed by atoms with Crippen LogP contribution in [-0.4, -0.2) is 34.9 Å². The maximum Gasteiger partial charge on any atom is 0.312 e. The lowest BCUT2D eigenvalue weighted by molar-refractivity contribution is -0.385. The van der Waals surface area contributed by atoms with E-state index in [1.807, 2.05) is 0 Å². The minimum Gasteiger partial charge on any atom is -0.455 e. The van der Waals surface area contributed by atoms with E-state index in [2.05, 4.69) is 10.6 Å². The van der Waals surface area contributed by atoms with Crippen LogP contribution in [0.4, 0.5) is 11.4 Å². The minimum absolute atomic E-state index is 0.0860. The molecule has 2 amide bonds. The van der Waals surface area contributed by atoms with Gasteiger partial charge in [0.05, 0.1) is 21.6 Å². The average Bonchev–Trinajstić information content (AvgIpc) is 2.65. The van der Waals surface area contributed by atoms with E-state index < -0.39 is 22.9 Å². The molecule has 31 heavy (non-hydrogen) atoms. The van der Waals surface area contributed by atoms with Crippen LogP contribution in [0, 0.1) is 34.3 Å². The first-order chi connectivity index (χ1) is 14.6. The van der Waals surface area contributed by atoms with Crippen molar-refractivity contribution in [2.24, 2.45) is 17.3 Å². The van der Waals surface area contributed by atoms with Gasteiger partial charge in [-0.2, -0.15) is 0 Å². The second kappa shape index (κ2) is 7.62. The molecule has 9 heteroatoms. The monoisotopic (exact) mass is 429 g/mol. The predicted octanol–water partition coefficient (Wildman–Crippen LogP) is 2.86. The Hall–Kier alpha value is -2.97. The first-order valence-corrected chi connectivity index (χ1v) is 10.6. The van der Waals surface area contributed by atoms with Gasteiger partial charge in [-0.05, 0) is 63.4 Å². The molecule has 4 aliphatic rings. The van der Waals surface area contributed by atoms with Gasteiger partial charge in [-0.3, -0.25) is 24.5 Å². The molecule has 4 saturated carbocycles. The van der Waals surface area contributed by atoms with Crippen molar-refractivity contribution in [3.63, 3.8) is 0 Å². The number of ether oxygens (including phenoxy) is 1. The number of nitro groups is 1. The summed E-state index contributed by atoms with van der Waals surface area (Å²) in [6.07, 6.45) is 4.87. The fraction of sp³-hybridized carbons (Fsp3) is 0.591. The summed E-state index contributed by atoms with van der Waals surface area (Å²) in [7, 11) is 0. The normalized spacial score (nSPS) is 30.5. The van der Waals surface area contributed by atoms with Crippen molar-refractivity contribution in [1.29, 1.82) is 0 Å². The van der Waals surface area contributed by atoms with Gasteiger partial charge in [-0.1, -0.05) is 6.07 Å². The van der Waals surface area contributed by atoms with E-state index in [4.69, 9.17) is 4.74 Å². The smallest absolute Gasteiger partial charge is 0.312 e. The van der Waals surface area contributed by atoms with E-state index in [-0.39, 0.29) is 23.1 Å². The summed E-state index contributed by atoms with van der Waals surface area (Å²) in [4.78, 5) is 47.8. The third-order valence-electron chi connectivity index (χ3n) is 7.05. The number of amides is 2. The topological polar surface area (TPSA) is 128 Å². The van der Waals surface area contributed by atoms with E-state index in [0.29, 0.717) is 29.5 Å². The number of hydrogen-bond acceptors (Lipinski definition) is 6. The number of rotatable bonds is 6. The summed E-state index contributed by atoms with van der Waals surface area (Å²) < 4.78 is 5.43. The van der Waals surface area contributed by atoms with Crippen LogP contribution in [0.2, 0.25) is 0 Å². The first-order valence-electron chi connectivity index (χ1n) is 10.6. The molecular formula is C22H27N3O6. The van der Waals surface area contributed by atoms with E-state index in [1.54, 1.807) is 13.0 Å². The Bertz CT molecular complexity index is 945. The summed E-state index contributed by atoms with van der Waals surface area (Å²) in [6.45, 7) is 2.60. The van der Waals surface area contributed by atoms with Crippen LogP contribution in [0.15, 0.2) is 18.2 Å². The lowest BCUT2D eigenvalue weighted by atomic mass is 9.47. The fourth-order valence-electron chi connectivity index (χ4n) is 6.45. The third kappa shape index (κ3) is 4.00. The molecule has 0 radical (unpaired) electrons. The average molecular weight is 429 g/mol. The lowest BCUT2D eigenvalue weighted by Gasteiger charge is -2.60. The predicted molar refractivity (Wildman–Crippen MR) is 111 cm³/mol. The molecule has 2 atom stereocenters. The Morgan fingerprint density at radius 1 is 1.19 bits per heavy atom. The molecule has 0 aromatic heterocycles. The summed E-state index contributed by atoms with van der Waals surface area (Å²) >= 11 is 0. The standard InChI is InChI=1S/C22H27N3O6/c1-13-17(4-3-5-18(13)25(29)30)23-19(27)11-31-20(28)21-7-15-6-16(8-21)10-22(9-15,12-21)24-14(2)26/h3-5,15-16H,6-12H2,1-2H3,(H,23,27)(H,24,26)/t15-,16-,21?,22?/m0/s1. The highest BCUT2D eigenvalue weighted by atomic mass is 16.6. The second-order valence-corrected chi connectivity index (χ2v) is 9.53. The Balaban J connectivity index is 1.41. The Kier molecular flexibility index (Phi) is 5.23. The molecular weight excluding hydrogens is 402 g/mol. The molecule has 166 valence electrons. The van der Waals surface area contributed by atoms with Crippen molar-refractivity contribution in [2.45, 2.75) is 57.9 Å². The highest BCUT2D eigenvalue weighted by Gasteiger charge is 2.61. The van der Waals surface area contributed by atoms with Gasteiger partial charge in [-0.25, -0.2) is 0 Å². The van der Waals surface area contributed by atoms with Crippen LogP contribution >= 0.6 is 0 Å². The van der Waals surface area contributed by atoms with Gasteiger partial charge in [0.1, 0.15) is 0 Å². The largest absolute Gasteiger partial charge is 0.455 e. The number of nitrogens with zero attached hydrogens (tertiary/aromatic N) is 1. The molecule has 9 nitrogen and oxygen atoms in total. The Labute approximate surface area is 180 Å². The zero-order valence-electron chi connectivity index (χ0n) is 17.7. The zero-order valence-corrected chi connectivity index (χ0v) is 17.7. The van der Waals surface area contributed by atoms with Crippen LogP contribution in [0.3, 0.4) is 0 Å².